The zero-order chi connectivity index (χ0) is 15.1. The molecule has 0 bridgehead atoms. The molecule has 0 aliphatic carbocycles. The van der Waals surface area contributed by atoms with Crippen molar-refractivity contribution in [3.8, 4) is 0 Å². The van der Waals surface area contributed by atoms with Crippen LogP contribution < -0.4 is 5.32 Å². The molecule has 1 aliphatic heterocycles. The molecule has 6 nitrogen and oxygen atoms in total. The number of carbonyl (C=O) groups excluding carboxylic acids is 1. The Kier molecular flexibility index (Phi) is 6.41. The number of thiazole rings is 1. The Morgan fingerprint density at radius 3 is 3.05 bits per heavy atom. The molecule has 118 valence electrons. The van der Waals surface area contributed by atoms with Gasteiger partial charge in [-0.3, -0.25) is 9.69 Å². The fourth-order valence-corrected chi connectivity index (χ4v) is 3.11. The van der Waals surface area contributed by atoms with Gasteiger partial charge in [-0.15, -0.1) is 11.3 Å². The van der Waals surface area contributed by atoms with Crippen LogP contribution in [0.25, 0.3) is 0 Å². The van der Waals surface area contributed by atoms with Crippen LogP contribution in [0.4, 0.5) is 5.13 Å². The lowest BCUT2D eigenvalue weighted by Gasteiger charge is -2.29. The minimum Gasteiger partial charge on any atom is -0.469 e. The van der Waals surface area contributed by atoms with Gasteiger partial charge in [0.05, 0.1) is 32.4 Å². The van der Waals surface area contributed by atoms with E-state index >= 15 is 0 Å². The lowest BCUT2D eigenvalue weighted by molar-refractivity contribution is -0.140. The molecule has 0 saturated carbocycles. The molecule has 1 saturated heterocycles. The van der Waals surface area contributed by atoms with Crippen molar-refractivity contribution < 1.29 is 14.3 Å². The topological polar surface area (TPSA) is 63.7 Å². The van der Waals surface area contributed by atoms with E-state index in [0.717, 1.165) is 43.7 Å². The Morgan fingerprint density at radius 1 is 1.57 bits per heavy atom. The summed E-state index contributed by atoms with van der Waals surface area (Å²) in [6, 6.07) is 0.336. The van der Waals surface area contributed by atoms with Crippen LogP contribution in [0.3, 0.4) is 0 Å². The van der Waals surface area contributed by atoms with E-state index in [1.807, 2.05) is 5.38 Å². The van der Waals surface area contributed by atoms with E-state index in [1.165, 1.54) is 7.11 Å². The van der Waals surface area contributed by atoms with Gasteiger partial charge in [0.2, 0.25) is 0 Å². The van der Waals surface area contributed by atoms with Crippen molar-refractivity contribution in [2.45, 2.75) is 25.8 Å². The summed E-state index contributed by atoms with van der Waals surface area (Å²) in [5.74, 6) is -0.196. The maximum atomic E-state index is 11.1. The number of nitrogens with zero attached hydrogens (tertiary/aromatic N) is 2. The number of morpholine rings is 1. The van der Waals surface area contributed by atoms with E-state index in [1.54, 1.807) is 11.3 Å². The highest BCUT2D eigenvalue weighted by molar-refractivity contribution is 7.13. The van der Waals surface area contributed by atoms with Crippen LogP contribution in [0.1, 0.15) is 19.0 Å². The van der Waals surface area contributed by atoms with E-state index < -0.39 is 0 Å². The van der Waals surface area contributed by atoms with Crippen molar-refractivity contribution in [3.05, 3.63) is 11.1 Å². The number of ether oxygens (including phenoxy) is 2. The van der Waals surface area contributed by atoms with E-state index in [4.69, 9.17) is 4.74 Å². The van der Waals surface area contributed by atoms with Gasteiger partial charge in [-0.05, 0) is 6.92 Å². The highest BCUT2D eigenvalue weighted by Crippen LogP contribution is 2.18. The monoisotopic (exact) mass is 313 g/mol. The molecule has 1 aromatic heterocycles. The maximum Gasteiger partial charge on any atom is 0.305 e. The molecule has 1 aromatic rings. The van der Waals surface area contributed by atoms with E-state index in [0.29, 0.717) is 18.9 Å². The van der Waals surface area contributed by atoms with Gasteiger partial charge in [-0.25, -0.2) is 4.98 Å². The Balaban J connectivity index is 1.74. The SMILES string of the molecule is COC(=O)CCc1csc(NC(C)CN2CCOCC2)n1. The quantitative estimate of drug-likeness (QED) is 0.767. The summed E-state index contributed by atoms with van der Waals surface area (Å²) in [6.07, 6.45) is 1.01. The van der Waals surface area contributed by atoms with E-state index in [2.05, 4.69) is 26.9 Å². The number of methoxy groups -OCH3 is 1. The summed E-state index contributed by atoms with van der Waals surface area (Å²) in [6.45, 7) is 6.78. The van der Waals surface area contributed by atoms with Gasteiger partial charge >= 0.3 is 5.97 Å². The molecule has 0 spiro atoms. The number of aryl methyl sites for hydroxylation is 1. The molecule has 0 amide bonds. The Bertz CT molecular complexity index is 446. The minimum atomic E-state index is -0.196. The first-order valence-corrected chi connectivity index (χ1v) is 8.13. The number of anilines is 1. The second-order valence-electron chi connectivity index (χ2n) is 5.18. The third kappa shape index (κ3) is 5.61. The lowest BCUT2D eigenvalue weighted by Crippen LogP contribution is -2.42. The van der Waals surface area contributed by atoms with Gasteiger partial charge in [-0.1, -0.05) is 0 Å². The van der Waals surface area contributed by atoms with Gasteiger partial charge in [0.25, 0.3) is 0 Å². The number of esters is 1. The summed E-state index contributed by atoms with van der Waals surface area (Å²) < 4.78 is 9.98. The minimum absolute atomic E-state index is 0.196. The molecular formula is C14H23N3O3S. The molecule has 7 heteroatoms. The highest BCUT2D eigenvalue weighted by atomic mass is 32.1. The summed E-state index contributed by atoms with van der Waals surface area (Å²) >= 11 is 1.58. The van der Waals surface area contributed by atoms with Gasteiger partial charge < -0.3 is 14.8 Å². The summed E-state index contributed by atoms with van der Waals surface area (Å²) in [5.41, 5.74) is 0.937. The molecule has 2 rings (SSSR count). The van der Waals surface area contributed by atoms with Crippen LogP contribution in [-0.2, 0) is 20.7 Å². The lowest BCUT2D eigenvalue weighted by atomic mass is 10.2. The largest absolute Gasteiger partial charge is 0.469 e. The smallest absolute Gasteiger partial charge is 0.305 e. The fraction of sp³-hybridized carbons (Fsp3) is 0.714. The van der Waals surface area contributed by atoms with E-state index in [-0.39, 0.29) is 5.97 Å². The van der Waals surface area contributed by atoms with Crippen LogP contribution >= 0.6 is 11.3 Å². The van der Waals surface area contributed by atoms with Gasteiger partial charge in [0.1, 0.15) is 0 Å². The van der Waals surface area contributed by atoms with Crippen molar-refractivity contribution in [1.82, 2.24) is 9.88 Å². The van der Waals surface area contributed by atoms with Crippen LogP contribution in [0.5, 0.6) is 0 Å². The molecule has 1 unspecified atom stereocenters. The van der Waals surface area contributed by atoms with Gasteiger partial charge in [-0.2, -0.15) is 0 Å². The standard InChI is InChI=1S/C14H23N3O3S/c1-11(9-17-5-7-20-8-6-17)15-14-16-12(10-21-14)3-4-13(18)19-2/h10-11H,3-9H2,1-2H3,(H,15,16). The normalized spacial score (nSPS) is 17.4. The fourth-order valence-electron chi connectivity index (χ4n) is 2.25. The first-order valence-electron chi connectivity index (χ1n) is 7.25. The average molecular weight is 313 g/mol. The number of hydrogen-bond acceptors (Lipinski definition) is 7. The third-order valence-corrected chi connectivity index (χ3v) is 4.19. The number of hydrogen-bond donors (Lipinski definition) is 1. The molecule has 1 aliphatic rings. The third-order valence-electron chi connectivity index (χ3n) is 3.37. The van der Waals surface area contributed by atoms with Crippen LogP contribution in [0, 0.1) is 0 Å². The van der Waals surface area contributed by atoms with Crippen molar-refractivity contribution in [3.63, 3.8) is 0 Å². The molecule has 1 atom stereocenters. The Hall–Kier alpha value is -1.18. The zero-order valence-corrected chi connectivity index (χ0v) is 13.4. The second kappa shape index (κ2) is 8.31. The molecule has 1 N–H and O–H groups in total. The van der Waals surface area contributed by atoms with Crippen LogP contribution in [0.15, 0.2) is 5.38 Å². The van der Waals surface area contributed by atoms with Crippen molar-refractivity contribution in [1.29, 1.82) is 0 Å². The molecule has 0 radical (unpaired) electrons. The predicted octanol–water partition coefficient (Wildman–Crippen LogP) is 1.38. The number of aromatic nitrogens is 1. The predicted molar refractivity (Wildman–Crippen MR) is 82.8 cm³/mol. The van der Waals surface area contributed by atoms with Crippen LogP contribution in [-0.4, -0.2) is 61.9 Å². The van der Waals surface area contributed by atoms with Crippen molar-refractivity contribution in [2.75, 3.05) is 45.3 Å². The first-order chi connectivity index (χ1) is 10.2. The van der Waals surface area contributed by atoms with Crippen LogP contribution in [0.2, 0.25) is 0 Å². The van der Waals surface area contributed by atoms with Crippen molar-refractivity contribution >= 4 is 22.4 Å². The van der Waals surface area contributed by atoms with Gasteiger partial charge in [0, 0.05) is 37.5 Å². The average Bonchev–Trinajstić information content (AvgIpc) is 2.93. The first kappa shape index (κ1) is 16.2. The molecule has 2 heterocycles. The molecule has 1 fully saturated rings. The zero-order valence-electron chi connectivity index (χ0n) is 12.6. The molecule has 0 aromatic carbocycles. The Labute approximate surface area is 129 Å². The van der Waals surface area contributed by atoms with E-state index in [9.17, 15) is 4.79 Å². The Morgan fingerprint density at radius 2 is 2.33 bits per heavy atom. The molecule has 21 heavy (non-hydrogen) atoms. The highest BCUT2D eigenvalue weighted by Gasteiger charge is 2.14. The van der Waals surface area contributed by atoms with Crippen molar-refractivity contribution in [2.24, 2.45) is 0 Å². The summed E-state index contributed by atoms with van der Waals surface area (Å²) in [4.78, 5) is 18.0. The molecular weight excluding hydrogens is 290 g/mol. The summed E-state index contributed by atoms with van der Waals surface area (Å²) in [5, 5.41) is 6.33. The number of rotatable bonds is 7. The van der Waals surface area contributed by atoms with Gasteiger partial charge in [0.15, 0.2) is 5.13 Å². The summed E-state index contributed by atoms with van der Waals surface area (Å²) in [7, 11) is 1.41. The second-order valence-corrected chi connectivity index (χ2v) is 6.04. The maximum absolute atomic E-state index is 11.1. The number of carbonyl (C=O) groups is 1. The number of nitrogens with one attached hydrogen (secondary N) is 1.